The molecule has 0 unspecified atom stereocenters. The first kappa shape index (κ1) is 22.1. The Hall–Kier alpha value is -4.08. The summed E-state index contributed by atoms with van der Waals surface area (Å²) in [5.41, 5.74) is 5.28. The SMILES string of the molecule is Cc1c(C)c(Oc2ccnc3c2n(C)c(=O)n3C)c(C)c(C)c1NC(=O)Nc1ccnn1C. The molecular weight excluding hydrogens is 422 g/mol. The second-order valence-electron chi connectivity index (χ2n) is 8.11. The Morgan fingerprint density at radius 3 is 2.18 bits per heavy atom. The minimum Gasteiger partial charge on any atom is -0.454 e. The number of pyridine rings is 1. The molecule has 0 aliphatic rings. The summed E-state index contributed by atoms with van der Waals surface area (Å²) in [7, 11) is 5.14. The van der Waals surface area contributed by atoms with E-state index in [2.05, 4.69) is 20.7 Å². The Bertz CT molecular complexity index is 1430. The van der Waals surface area contributed by atoms with E-state index in [0.717, 1.165) is 27.9 Å². The number of nitrogens with zero attached hydrogens (tertiary/aromatic N) is 5. The van der Waals surface area contributed by atoms with Crippen LogP contribution < -0.4 is 21.1 Å². The Morgan fingerprint density at radius 2 is 1.58 bits per heavy atom. The summed E-state index contributed by atoms with van der Waals surface area (Å²) in [5.74, 6) is 1.82. The van der Waals surface area contributed by atoms with Crippen molar-refractivity contribution in [1.29, 1.82) is 0 Å². The molecule has 4 rings (SSSR count). The van der Waals surface area contributed by atoms with Gasteiger partial charge in [-0.15, -0.1) is 0 Å². The number of rotatable bonds is 4. The number of hydrogen-bond acceptors (Lipinski definition) is 5. The highest BCUT2D eigenvalue weighted by atomic mass is 16.5. The summed E-state index contributed by atoms with van der Waals surface area (Å²) in [6.07, 6.45) is 3.24. The van der Waals surface area contributed by atoms with E-state index >= 15 is 0 Å². The van der Waals surface area contributed by atoms with E-state index in [1.165, 1.54) is 9.13 Å². The Labute approximate surface area is 190 Å². The largest absolute Gasteiger partial charge is 0.454 e. The molecule has 10 heteroatoms. The topological polar surface area (TPSA) is 108 Å². The van der Waals surface area contributed by atoms with Crippen molar-refractivity contribution in [1.82, 2.24) is 23.9 Å². The van der Waals surface area contributed by atoms with Gasteiger partial charge in [0.1, 0.15) is 17.1 Å². The molecule has 33 heavy (non-hydrogen) atoms. The van der Waals surface area contributed by atoms with Crippen LogP contribution in [0.2, 0.25) is 0 Å². The van der Waals surface area contributed by atoms with Crippen LogP contribution in [0.15, 0.2) is 29.3 Å². The van der Waals surface area contributed by atoms with E-state index in [1.807, 2.05) is 27.7 Å². The predicted molar refractivity (Wildman–Crippen MR) is 127 cm³/mol. The van der Waals surface area contributed by atoms with Gasteiger partial charge >= 0.3 is 11.7 Å². The zero-order valence-corrected chi connectivity index (χ0v) is 19.8. The van der Waals surface area contributed by atoms with Crippen LogP contribution in [-0.2, 0) is 21.1 Å². The number of fused-ring (bicyclic) bond motifs is 1. The third kappa shape index (κ3) is 3.63. The maximum Gasteiger partial charge on any atom is 0.329 e. The fraction of sp³-hybridized carbons (Fsp3) is 0.304. The maximum atomic E-state index is 12.6. The van der Waals surface area contributed by atoms with Crippen molar-refractivity contribution in [3.05, 3.63) is 57.3 Å². The molecule has 0 bridgehead atoms. The van der Waals surface area contributed by atoms with Gasteiger partial charge in [0, 0.05) is 45.2 Å². The Morgan fingerprint density at radius 1 is 0.909 bits per heavy atom. The molecule has 4 aromatic rings. The molecule has 0 aliphatic carbocycles. The summed E-state index contributed by atoms with van der Waals surface area (Å²) in [4.78, 5) is 29.3. The molecule has 10 nitrogen and oxygen atoms in total. The van der Waals surface area contributed by atoms with Gasteiger partial charge in [0.15, 0.2) is 11.4 Å². The lowest BCUT2D eigenvalue weighted by atomic mass is 9.97. The van der Waals surface area contributed by atoms with Crippen LogP contribution in [0.3, 0.4) is 0 Å². The number of ether oxygens (including phenoxy) is 1. The zero-order chi connectivity index (χ0) is 24.0. The molecule has 2 N–H and O–H groups in total. The molecular formula is C23H27N7O3. The van der Waals surface area contributed by atoms with Crippen LogP contribution in [-0.4, -0.2) is 29.9 Å². The van der Waals surface area contributed by atoms with Gasteiger partial charge in [0.05, 0.1) is 6.20 Å². The predicted octanol–water partition coefficient (Wildman–Crippen LogP) is 3.68. The number of imidazole rings is 1. The molecule has 0 saturated carbocycles. The summed E-state index contributed by atoms with van der Waals surface area (Å²) in [6, 6.07) is 3.12. The number of hydrogen-bond donors (Lipinski definition) is 2. The van der Waals surface area contributed by atoms with Gasteiger partial charge in [-0.1, -0.05) is 0 Å². The minimum absolute atomic E-state index is 0.173. The highest BCUT2D eigenvalue weighted by Gasteiger charge is 2.21. The highest BCUT2D eigenvalue weighted by Crippen LogP contribution is 2.39. The number of nitrogens with one attached hydrogen (secondary N) is 2. The van der Waals surface area contributed by atoms with Gasteiger partial charge < -0.3 is 10.1 Å². The van der Waals surface area contributed by atoms with E-state index in [9.17, 15) is 9.59 Å². The Balaban J connectivity index is 1.72. The molecule has 1 aromatic carbocycles. The van der Waals surface area contributed by atoms with Gasteiger partial charge in [-0.2, -0.15) is 5.10 Å². The van der Waals surface area contributed by atoms with Crippen molar-refractivity contribution in [3.8, 4) is 11.5 Å². The average molecular weight is 450 g/mol. The number of aryl methyl sites for hydroxylation is 3. The van der Waals surface area contributed by atoms with Gasteiger partial charge in [-0.25, -0.2) is 14.6 Å². The maximum absolute atomic E-state index is 12.6. The van der Waals surface area contributed by atoms with Crippen LogP contribution in [0.5, 0.6) is 11.5 Å². The average Bonchev–Trinajstić information content (AvgIpc) is 3.29. The first-order valence-electron chi connectivity index (χ1n) is 10.5. The fourth-order valence-corrected chi connectivity index (χ4v) is 3.97. The molecule has 0 saturated heterocycles. The summed E-state index contributed by atoms with van der Waals surface area (Å²) < 4.78 is 11.0. The molecule has 3 heterocycles. The highest BCUT2D eigenvalue weighted by molar-refractivity contribution is 6.00. The minimum atomic E-state index is -0.354. The van der Waals surface area contributed by atoms with E-state index in [0.29, 0.717) is 28.5 Å². The summed E-state index contributed by atoms with van der Waals surface area (Å²) >= 11 is 0. The normalized spacial score (nSPS) is 11.1. The molecule has 0 atom stereocenters. The first-order chi connectivity index (χ1) is 15.6. The number of carbonyl (C=O) groups is 1. The van der Waals surface area contributed by atoms with Crippen molar-refractivity contribution in [2.45, 2.75) is 27.7 Å². The third-order valence-corrected chi connectivity index (χ3v) is 6.16. The van der Waals surface area contributed by atoms with Crippen LogP contribution in [0.25, 0.3) is 11.2 Å². The van der Waals surface area contributed by atoms with Crippen molar-refractivity contribution >= 4 is 28.7 Å². The fourth-order valence-electron chi connectivity index (χ4n) is 3.97. The lowest BCUT2D eigenvalue weighted by Crippen LogP contribution is -2.22. The van der Waals surface area contributed by atoms with Crippen molar-refractivity contribution in [3.63, 3.8) is 0 Å². The summed E-state index contributed by atoms with van der Waals surface area (Å²) in [5, 5.41) is 9.82. The van der Waals surface area contributed by atoms with Crippen molar-refractivity contribution < 1.29 is 9.53 Å². The summed E-state index contributed by atoms with van der Waals surface area (Å²) in [6.45, 7) is 7.77. The molecule has 0 fully saturated rings. The third-order valence-electron chi connectivity index (χ3n) is 6.16. The molecule has 2 amide bonds. The van der Waals surface area contributed by atoms with Crippen LogP contribution in [0.4, 0.5) is 16.3 Å². The second-order valence-corrected chi connectivity index (χ2v) is 8.11. The number of anilines is 2. The van der Waals surface area contributed by atoms with Crippen LogP contribution >= 0.6 is 0 Å². The molecule has 0 radical (unpaired) electrons. The van der Waals surface area contributed by atoms with Gasteiger partial charge in [0.2, 0.25) is 0 Å². The molecule has 3 aromatic heterocycles. The van der Waals surface area contributed by atoms with Crippen molar-refractivity contribution in [2.24, 2.45) is 21.1 Å². The van der Waals surface area contributed by atoms with E-state index in [-0.39, 0.29) is 11.7 Å². The number of amides is 2. The number of urea groups is 1. The second kappa shape index (κ2) is 8.12. The lowest BCUT2D eigenvalue weighted by Gasteiger charge is -2.21. The number of carbonyl (C=O) groups excluding carboxylic acids is 1. The van der Waals surface area contributed by atoms with Gasteiger partial charge in [-0.05, 0) is 49.9 Å². The monoisotopic (exact) mass is 449 g/mol. The molecule has 0 aliphatic heterocycles. The smallest absolute Gasteiger partial charge is 0.329 e. The van der Waals surface area contributed by atoms with Gasteiger partial charge in [0.25, 0.3) is 0 Å². The van der Waals surface area contributed by atoms with Crippen LogP contribution in [0, 0.1) is 27.7 Å². The quantitative estimate of drug-likeness (QED) is 0.494. The lowest BCUT2D eigenvalue weighted by molar-refractivity contribution is 0.262. The first-order valence-corrected chi connectivity index (χ1v) is 10.5. The molecule has 0 spiro atoms. The van der Waals surface area contributed by atoms with E-state index in [1.54, 1.807) is 50.4 Å². The molecule has 172 valence electrons. The Kier molecular flexibility index (Phi) is 5.44. The number of benzene rings is 1. The van der Waals surface area contributed by atoms with Gasteiger partial charge in [-0.3, -0.25) is 19.1 Å². The van der Waals surface area contributed by atoms with Crippen LogP contribution in [0.1, 0.15) is 22.3 Å². The standard InChI is InChI=1S/C23H27N7O3/c1-12-14(3)20(33-16-8-10-24-21-19(16)28(5)23(32)29(21)6)15(4)13(2)18(12)27-22(31)26-17-9-11-25-30(17)7/h8-11H,1-7H3,(H2,26,27,31). The van der Waals surface area contributed by atoms with Crippen molar-refractivity contribution in [2.75, 3.05) is 10.6 Å². The number of aromatic nitrogens is 5. The van der Waals surface area contributed by atoms with E-state index < -0.39 is 0 Å². The zero-order valence-electron chi connectivity index (χ0n) is 19.8. The van der Waals surface area contributed by atoms with E-state index in [4.69, 9.17) is 4.74 Å².